The molecule has 2 saturated heterocycles. The van der Waals surface area contributed by atoms with Gasteiger partial charge in [-0.1, -0.05) is 19.1 Å². The molecule has 0 unspecified atom stereocenters. The number of esters is 1. The van der Waals surface area contributed by atoms with Crippen LogP contribution in [0, 0.1) is 34.9 Å². The molecule has 1 aliphatic carbocycles. The maximum Gasteiger partial charge on any atom is 0.305 e. The number of hydrogen-bond acceptors (Lipinski definition) is 8. The van der Waals surface area contributed by atoms with E-state index in [-0.39, 0.29) is 29.7 Å². The molecule has 0 bridgehead atoms. The molecule has 0 amide bonds. The van der Waals surface area contributed by atoms with Gasteiger partial charge in [-0.2, -0.15) is 5.26 Å². The van der Waals surface area contributed by atoms with Gasteiger partial charge in [0.05, 0.1) is 11.6 Å². The number of carbonyl (C=O) groups is 1. The molecule has 3 fully saturated rings. The van der Waals surface area contributed by atoms with Gasteiger partial charge >= 0.3 is 5.97 Å². The largest absolute Gasteiger partial charge is 0.462 e. The summed E-state index contributed by atoms with van der Waals surface area (Å²) in [4.78, 5) is 26.4. The fourth-order valence-electron chi connectivity index (χ4n) is 8.07. The molecule has 45 heavy (non-hydrogen) atoms. The normalized spacial score (nSPS) is 22.3. The molecule has 3 heterocycles. The third kappa shape index (κ3) is 6.81. The molecule has 8 nitrogen and oxygen atoms in total. The maximum atomic E-state index is 15.0. The van der Waals surface area contributed by atoms with Crippen molar-refractivity contribution in [1.82, 2.24) is 14.9 Å². The number of carbonyl (C=O) groups excluding carboxylic acids is 1. The van der Waals surface area contributed by atoms with Crippen molar-refractivity contribution in [3.8, 4) is 6.07 Å². The highest BCUT2D eigenvalue weighted by Gasteiger charge is 2.53. The zero-order valence-electron chi connectivity index (χ0n) is 26.1. The van der Waals surface area contributed by atoms with Crippen molar-refractivity contribution in [1.29, 1.82) is 5.26 Å². The second kappa shape index (κ2) is 13.9. The molecule has 236 valence electrons. The van der Waals surface area contributed by atoms with Crippen LogP contribution in [0.5, 0.6) is 0 Å². The van der Waals surface area contributed by atoms with E-state index in [1.54, 1.807) is 24.5 Å². The van der Waals surface area contributed by atoms with Crippen molar-refractivity contribution in [2.45, 2.75) is 57.0 Å². The first kappa shape index (κ1) is 31.0. The standard InChI is InChI=1S/C36H43FN6O2/c1-2-34(44)45-33-9-4-8-32(33)36(29-6-3-7-30(37)20-29,25-41-35-39-16-5-17-40-35)28-14-18-42(19-15-28)22-27-23-43(24-27)31-12-10-26(21-38)11-13-31/h3,5-7,10-13,16-17,20,27-28,32-33H,2,4,8-9,14-15,18-19,22-25H2,1H3,(H,39,40,41)/t32-,33-,36-/m0/s1. The van der Waals surface area contributed by atoms with E-state index in [0.717, 1.165) is 70.4 Å². The van der Waals surface area contributed by atoms with Crippen LogP contribution in [0.1, 0.15) is 56.6 Å². The summed E-state index contributed by atoms with van der Waals surface area (Å²) in [6.45, 7) is 7.42. The topological polar surface area (TPSA) is 94.4 Å². The number of nitrogens with one attached hydrogen (secondary N) is 1. The highest BCUT2D eigenvalue weighted by molar-refractivity contribution is 5.69. The Balaban J connectivity index is 1.21. The Labute approximate surface area is 265 Å². The zero-order valence-corrected chi connectivity index (χ0v) is 26.1. The van der Waals surface area contributed by atoms with Gasteiger partial charge in [0.25, 0.3) is 0 Å². The summed E-state index contributed by atoms with van der Waals surface area (Å²) < 4.78 is 21.1. The summed E-state index contributed by atoms with van der Waals surface area (Å²) in [5.41, 5.74) is 2.36. The summed E-state index contributed by atoms with van der Waals surface area (Å²) in [6.07, 6.45) is 8.25. The molecule has 1 saturated carbocycles. The molecule has 1 aromatic heterocycles. The number of hydrogen-bond donors (Lipinski definition) is 1. The lowest BCUT2D eigenvalue weighted by Gasteiger charge is -2.51. The minimum atomic E-state index is -0.467. The van der Waals surface area contributed by atoms with Crippen LogP contribution in [-0.2, 0) is 14.9 Å². The third-order valence-electron chi connectivity index (χ3n) is 10.3. The average Bonchev–Trinajstić information content (AvgIpc) is 3.52. The Hall–Kier alpha value is -4.03. The average molecular weight is 611 g/mol. The molecule has 3 aliphatic rings. The Kier molecular flexibility index (Phi) is 9.60. The van der Waals surface area contributed by atoms with Crippen LogP contribution in [0.4, 0.5) is 16.0 Å². The van der Waals surface area contributed by atoms with Crippen LogP contribution < -0.4 is 10.2 Å². The monoisotopic (exact) mass is 610 g/mol. The van der Waals surface area contributed by atoms with E-state index in [2.05, 4.69) is 37.2 Å². The fourth-order valence-corrected chi connectivity index (χ4v) is 8.07. The number of benzene rings is 2. The highest BCUT2D eigenvalue weighted by Crippen LogP contribution is 2.51. The van der Waals surface area contributed by atoms with Gasteiger partial charge in [0, 0.05) is 67.9 Å². The number of likely N-dealkylation sites (tertiary alicyclic amines) is 1. The summed E-state index contributed by atoms with van der Waals surface area (Å²) in [7, 11) is 0. The molecule has 3 aromatic rings. The van der Waals surface area contributed by atoms with Crippen LogP contribution >= 0.6 is 0 Å². The Morgan fingerprint density at radius 3 is 2.51 bits per heavy atom. The van der Waals surface area contributed by atoms with Gasteiger partial charge in [0.1, 0.15) is 11.9 Å². The molecule has 0 spiro atoms. The molecule has 3 atom stereocenters. The van der Waals surface area contributed by atoms with Crippen molar-refractivity contribution >= 4 is 17.6 Å². The van der Waals surface area contributed by atoms with Crippen molar-refractivity contribution in [3.63, 3.8) is 0 Å². The van der Waals surface area contributed by atoms with Crippen LogP contribution in [0.25, 0.3) is 0 Å². The minimum absolute atomic E-state index is 0.0511. The van der Waals surface area contributed by atoms with E-state index in [9.17, 15) is 9.18 Å². The van der Waals surface area contributed by atoms with Gasteiger partial charge in [-0.25, -0.2) is 14.4 Å². The number of aromatic nitrogens is 2. The number of ether oxygens (including phenoxy) is 1. The molecular formula is C36H43FN6O2. The number of nitrogens with zero attached hydrogens (tertiary/aromatic N) is 5. The van der Waals surface area contributed by atoms with Crippen molar-refractivity contribution < 1.29 is 13.9 Å². The minimum Gasteiger partial charge on any atom is -0.462 e. The van der Waals surface area contributed by atoms with Crippen molar-refractivity contribution in [3.05, 3.63) is 83.9 Å². The van der Waals surface area contributed by atoms with Gasteiger partial charge in [-0.05, 0) is 99.1 Å². The number of piperidine rings is 1. The van der Waals surface area contributed by atoms with Gasteiger partial charge in [0.2, 0.25) is 5.95 Å². The number of halogens is 1. The Morgan fingerprint density at radius 1 is 1.07 bits per heavy atom. The fraction of sp³-hybridized carbons (Fsp3) is 0.500. The summed E-state index contributed by atoms with van der Waals surface area (Å²) >= 11 is 0. The molecule has 2 aromatic carbocycles. The summed E-state index contributed by atoms with van der Waals surface area (Å²) in [5, 5.41) is 12.6. The highest BCUT2D eigenvalue weighted by atomic mass is 19.1. The smallest absolute Gasteiger partial charge is 0.305 e. The van der Waals surface area contributed by atoms with E-state index in [0.29, 0.717) is 30.4 Å². The van der Waals surface area contributed by atoms with Gasteiger partial charge in [0.15, 0.2) is 0 Å². The first-order valence-electron chi connectivity index (χ1n) is 16.4. The molecular weight excluding hydrogens is 567 g/mol. The zero-order chi connectivity index (χ0) is 31.2. The SMILES string of the molecule is CCC(=O)O[C@H]1CCC[C@@H]1[C@](CNc1ncccn1)(c1cccc(F)c1)C1CCN(CC2CN(c3ccc(C#N)cc3)C2)CC1. The van der Waals surface area contributed by atoms with E-state index in [1.165, 1.54) is 11.8 Å². The molecule has 9 heteroatoms. The van der Waals surface area contributed by atoms with Gasteiger partial charge < -0.3 is 19.9 Å². The second-order valence-corrected chi connectivity index (χ2v) is 12.9. The molecule has 1 N–H and O–H groups in total. The third-order valence-corrected chi connectivity index (χ3v) is 10.3. The van der Waals surface area contributed by atoms with Gasteiger partial charge in [-0.3, -0.25) is 4.79 Å². The summed E-state index contributed by atoms with van der Waals surface area (Å²) in [6, 6.07) is 18.9. The van der Waals surface area contributed by atoms with E-state index >= 15 is 0 Å². The molecule has 6 rings (SSSR count). The predicted octanol–water partition coefficient (Wildman–Crippen LogP) is 5.81. The van der Waals surface area contributed by atoms with Crippen LogP contribution in [0.3, 0.4) is 0 Å². The lowest BCUT2D eigenvalue weighted by molar-refractivity contribution is -0.152. The van der Waals surface area contributed by atoms with Crippen LogP contribution in [0.15, 0.2) is 67.0 Å². The first-order chi connectivity index (χ1) is 22.0. The van der Waals surface area contributed by atoms with Crippen molar-refractivity contribution in [2.24, 2.45) is 17.8 Å². The number of anilines is 2. The lowest BCUT2D eigenvalue weighted by Crippen LogP contribution is -2.56. The maximum absolute atomic E-state index is 15.0. The lowest BCUT2D eigenvalue weighted by atomic mass is 9.58. The molecule has 2 aliphatic heterocycles. The van der Waals surface area contributed by atoms with E-state index in [1.807, 2.05) is 37.3 Å². The van der Waals surface area contributed by atoms with Crippen LogP contribution in [0.2, 0.25) is 0 Å². The van der Waals surface area contributed by atoms with Crippen molar-refractivity contribution in [2.75, 3.05) is 49.5 Å². The second-order valence-electron chi connectivity index (χ2n) is 12.9. The van der Waals surface area contributed by atoms with Crippen LogP contribution in [-0.4, -0.2) is 66.2 Å². The quantitative estimate of drug-likeness (QED) is 0.272. The van der Waals surface area contributed by atoms with E-state index in [4.69, 9.17) is 10.00 Å². The summed E-state index contributed by atoms with van der Waals surface area (Å²) in [5.74, 6) is 1.04. The number of nitriles is 1. The number of rotatable bonds is 11. The predicted molar refractivity (Wildman–Crippen MR) is 172 cm³/mol. The Morgan fingerprint density at radius 2 is 1.82 bits per heavy atom. The molecule has 0 radical (unpaired) electrons. The Bertz CT molecular complexity index is 1470. The van der Waals surface area contributed by atoms with E-state index < -0.39 is 5.41 Å². The van der Waals surface area contributed by atoms with Gasteiger partial charge in [-0.15, -0.1) is 0 Å². The first-order valence-corrected chi connectivity index (χ1v) is 16.4.